The minimum atomic E-state index is -3.59. The van der Waals surface area contributed by atoms with Gasteiger partial charge in [0, 0.05) is 22.9 Å². The van der Waals surface area contributed by atoms with E-state index in [-0.39, 0.29) is 28.0 Å². The lowest BCUT2D eigenvalue weighted by atomic mass is 9.98. The highest BCUT2D eigenvalue weighted by Gasteiger charge is 2.23. The number of benzene rings is 3. The average Bonchev–Trinajstić information content (AvgIpc) is 3.55. The maximum atomic E-state index is 12.1. The third-order valence-corrected chi connectivity index (χ3v) is 8.22. The number of carboxylic acid groups (broad SMARTS) is 1. The van der Waals surface area contributed by atoms with Crippen LogP contribution >= 0.6 is 11.3 Å². The molecular formula is C27H22N4O5S2. The normalized spacial score (nSPS) is 11.5. The summed E-state index contributed by atoms with van der Waals surface area (Å²) in [5.74, 6) is -1.35. The molecule has 0 amide bonds. The van der Waals surface area contributed by atoms with Gasteiger partial charge in [0.25, 0.3) is 0 Å². The number of hydrogen-bond acceptors (Lipinski definition) is 7. The van der Waals surface area contributed by atoms with Crippen molar-refractivity contribution in [2.24, 2.45) is 0 Å². The van der Waals surface area contributed by atoms with E-state index in [1.807, 2.05) is 54.6 Å². The molecule has 0 aliphatic heterocycles. The first kappa shape index (κ1) is 25.3. The number of aromatic hydroxyl groups is 1. The van der Waals surface area contributed by atoms with Crippen molar-refractivity contribution in [3.63, 3.8) is 0 Å². The Bertz CT molecular complexity index is 1730. The Labute approximate surface area is 222 Å². The molecule has 0 spiro atoms. The van der Waals surface area contributed by atoms with Gasteiger partial charge >= 0.3 is 5.97 Å². The van der Waals surface area contributed by atoms with Crippen LogP contribution < -0.4 is 4.72 Å². The summed E-state index contributed by atoms with van der Waals surface area (Å²) in [6, 6.07) is 23.9. The van der Waals surface area contributed by atoms with Crippen LogP contribution in [-0.2, 0) is 16.4 Å². The van der Waals surface area contributed by atoms with Crippen molar-refractivity contribution in [3.8, 4) is 33.4 Å². The average molecular weight is 547 g/mol. The summed E-state index contributed by atoms with van der Waals surface area (Å²) in [4.78, 5) is 15.6. The van der Waals surface area contributed by atoms with Crippen molar-refractivity contribution in [1.82, 2.24) is 19.5 Å². The Balaban J connectivity index is 1.61. The van der Waals surface area contributed by atoms with Gasteiger partial charge in [0.15, 0.2) is 5.69 Å². The number of rotatable bonds is 8. The number of nitrogens with zero attached hydrogens (tertiary/aromatic N) is 3. The van der Waals surface area contributed by atoms with Crippen LogP contribution in [0.4, 0.5) is 0 Å². The molecule has 0 saturated heterocycles. The van der Waals surface area contributed by atoms with Crippen molar-refractivity contribution in [2.45, 2.75) is 11.3 Å². The van der Waals surface area contributed by atoms with Crippen LogP contribution in [0.1, 0.15) is 21.6 Å². The van der Waals surface area contributed by atoms with E-state index in [1.54, 1.807) is 12.1 Å². The Morgan fingerprint density at radius 2 is 1.66 bits per heavy atom. The lowest BCUT2D eigenvalue weighted by molar-refractivity contribution is 0.0691. The van der Waals surface area contributed by atoms with Crippen molar-refractivity contribution >= 4 is 27.3 Å². The topological polar surface area (TPSA) is 134 Å². The van der Waals surface area contributed by atoms with E-state index in [4.69, 9.17) is 0 Å². The second-order valence-electron chi connectivity index (χ2n) is 8.36. The fourth-order valence-electron chi connectivity index (χ4n) is 4.01. The van der Waals surface area contributed by atoms with Crippen LogP contribution in [0, 0.1) is 0 Å². The zero-order valence-electron chi connectivity index (χ0n) is 20.1. The van der Waals surface area contributed by atoms with E-state index >= 15 is 0 Å². The Hall–Kier alpha value is -4.32. The molecule has 0 atom stereocenters. The van der Waals surface area contributed by atoms with Gasteiger partial charge in [0.05, 0.1) is 4.90 Å². The number of aromatic carboxylic acids is 1. The van der Waals surface area contributed by atoms with E-state index in [2.05, 4.69) is 14.8 Å². The summed E-state index contributed by atoms with van der Waals surface area (Å²) in [6.45, 7) is 0. The predicted molar refractivity (Wildman–Crippen MR) is 144 cm³/mol. The molecule has 0 fully saturated rings. The van der Waals surface area contributed by atoms with Crippen molar-refractivity contribution in [3.05, 3.63) is 101 Å². The highest BCUT2D eigenvalue weighted by Crippen LogP contribution is 2.36. The smallest absolute Gasteiger partial charge is 0.355 e. The van der Waals surface area contributed by atoms with Crippen LogP contribution in [0.2, 0.25) is 0 Å². The fourth-order valence-corrected chi connectivity index (χ4v) is 5.49. The molecule has 0 unspecified atom stereocenters. The number of sulfonamides is 1. The molecular weight excluding hydrogens is 524 g/mol. The van der Waals surface area contributed by atoms with Gasteiger partial charge < -0.3 is 10.2 Å². The molecule has 0 aliphatic rings. The largest absolute Gasteiger partial charge is 0.493 e. The molecule has 0 radical (unpaired) electrons. The molecule has 192 valence electrons. The lowest BCUT2D eigenvalue weighted by Gasteiger charge is -2.08. The quantitative estimate of drug-likeness (QED) is 0.260. The number of aromatic nitrogens is 3. The van der Waals surface area contributed by atoms with Gasteiger partial charge in [-0.25, -0.2) is 22.9 Å². The third kappa shape index (κ3) is 4.94. The van der Waals surface area contributed by atoms with Crippen molar-refractivity contribution in [1.29, 1.82) is 0 Å². The first-order valence-corrected chi connectivity index (χ1v) is 13.8. The van der Waals surface area contributed by atoms with E-state index < -0.39 is 16.0 Å². The molecule has 3 aromatic carbocycles. The molecule has 9 nitrogen and oxygen atoms in total. The molecule has 38 heavy (non-hydrogen) atoms. The summed E-state index contributed by atoms with van der Waals surface area (Å²) in [7, 11) is -2.24. The van der Waals surface area contributed by atoms with Crippen LogP contribution in [0.15, 0.2) is 89.1 Å². The number of hydrogen-bond donors (Lipinski definition) is 3. The summed E-state index contributed by atoms with van der Waals surface area (Å²) < 4.78 is 27.7. The second kappa shape index (κ2) is 10.2. The Kier molecular flexibility index (Phi) is 6.81. The summed E-state index contributed by atoms with van der Waals surface area (Å²) in [6.07, 6.45) is 0.244. The van der Waals surface area contributed by atoms with Gasteiger partial charge in [-0.05, 0) is 41.9 Å². The van der Waals surface area contributed by atoms with Crippen LogP contribution in [-0.4, -0.2) is 46.4 Å². The minimum Gasteiger partial charge on any atom is -0.493 e. The van der Waals surface area contributed by atoms with Crippen molar-refractivity contribution < 1.29 is 23.4 Å². The minimum absolute atomic E-state index is 0.128. The molecule has 2 heterocycles. The van der Waals surface area contributed by atoms with Crippen LogP contribution in [0.5, 0.6) is 5.88 Å². The number of nitrogens with one attached hydrogen (secondary N) is 1. The first-order valence-electron chi connectivity index (χ1n) is 11.4. The number of carboxylic acids is 1. The van der Waals surface area contributed by atoms with Crippen LogP contribution in [0.3, 0.4) is 0 Å². The third-order valence-electron chi connectivity index (χ3n) is 5.98. The van der Waals surface area contributed by atoms with Gasteiger partial charge in [-0.1, -0.05) is 60.7 Å². The zero-order valence-corrected chi connectivity index (χ0v) is 21.7. The van der Waals surface area contributed by atoms with Gasteiger partial charge in [0.2, 0.25) is 21.0 Å². The zero-order chi connectivity index (χ0) is 26.9. The molecule has 3 N–H and O–H groups in total. The highest BCUT2D eigenvalue weighted by atomic mass is 32.2. The molecule has 0 aliphatic carbocycles. The van der Waals surface area contributed by atoms with Crippen molar-refractivity contribution in [2.75, 3.05) is 7.05 Å². The number of thiazole rings is 1. The van der Waals surface area contributed by atoms with E-state index in [9.17, 15) is 23.4 Å². The summed E-state index contributed by atoms with van der Waals surface area (Å²) in [5.41, 5.74) is 4.33. The van der Waals surface area contributed by atoms with E-state index in [0.29, 0.717) is 11.3 Å². The molecule has 0 saturated carbocycles. The molecule has 11 heteroatoms. The Morgan fingerprint density at radius 3 is 2.32 bits per heavy atom. The molecule has 0 bridgehead atoms. The fraction of sp³-hybridized carbons (Fsp3) is 0.0741. The van der Waals surface area contributed by atoms with Gasteiger partial charge in [-0.15, -0.1) is 11.3 Å². The van der Waals surface area contributed by atoms with Gasteiger partial charge in [-0.2, -0.15) is 9.78 Å². The molecule has 2 aromatic heterocycles. The number of carbonyl (C=O) groups is 1. The maximum absolute atomic E-state index is 12.1. The van der Waals surface area contributed by atoms with E-state index in [0.717, 1.165) is 33.6 Å². The second-order valence-corrected chi connectivity index (χ2v) is 11.1. The SMILES string of the molecule is CNS(=O)(=O)c1ccc(Cc2c(-c3cccc(-c4ccccc4)c3)nn(-c3nc(C(=O)O)cs3)c2O)cc1. The summed E-state index contributed by atoms with van der Waals surface area (Å²) in [5, 5.41) is 26.8. The van der Waals surface area contributed by atoms with E-state index in [1.165, 1.54) is 29.2 Å². The monoisotopic (exact) mass is 546 g/mol. The molecule has 5 aromatic rings. The van der Waals surface area contributed by atoms with Crippen LogP contribution in [0.25, 0.3) is 27.5 Å². The first-order chi connectivity index (χ1) is 18.3. The lowest BCUT2D eigenvalue weighted by Crippen LogP contribution is -2.18. The van der Waals surface area contributed by atoms with Gasteiger partial charge in [0.1, 0.15) is 5.69 Å². The highest BCUT2D eigenvalue weighted by molar-refractivity contribution is 7.89. The molecule has 5 rings (SSSR count). The predicted octanol–water partition coefficient (Wildman–Crippen LogP) is 4.57. The van der Waals surface area contributed by atoms with Gasteiger partial charge in [-0.3, -0.25) is 0 Å². The maximum Gasteiger partial charge on any atom is 0.355 e. The standard InChI is InChI=1S/C27H22N4O5S2/c1-28-38(35,36)21-12-10-17(11-13-21)14-22-24(20-9-5-8-19(15-20)18-6-3-2-4-7-18)30-31(25(22)32)27-29-23(16-37-27)26(33)34/h2-13,15-16,28,32H,14H2,1H3,(H,33,34). The summed E-state index contributed by atoms with van der Waals surface area (Å²) >= 11 is 1.05. The Morgan fingerprint density at radius 1 is 0.974 bits per heavy atom.